The van der Waals surface area contributed by atoms with E-state index in [1.165, 1.54) is 0 Å². The molecule has 0 aliphatic rings. The number of carbonyl (C=O) groups is 1. The molecule has 0 amide bonds. The first-order valence-corrected chi connectivity index (χ1v) is 8.05. The number of ether oxygens (including phenoxy) is 1. The summed E-state index contributed by atoms with van der Waals surface area (Å²) in [7, 11) is 0. The fourth-order valence-electron chi connectivity index (χ4n) is 2.53. The monoisotopic (exact) mass is 388 g/mol. The Bertz CT molecular complexity index is 1000. The first-order valence-electron chi connectivity index (χ1n) is 8.05. The summed E-state index contributed by atoms with van der Waals surface area (Å²) in [6.07, 6.45) is -4.67. The number of pyridine rings is 1. The number of benzene rings is 2. The minimum atomic E-state index is -4.67. The predicted octanol–water partition coefficient (Wildman–Crippen LogP) is 4.12. The molecule has 1 heterocycles. The van der Waals surface area contributed by atoms with Crippen LogP contribution in [0.3, 0.4) is 0 Å². The topological polar surface area (TPSA) is 82.5 Å². The van der Waals surface area contributed by atoms with Crippen molar-refractivity contribution in [1.82, 2.24) is 4.98 Å². The van der Waals surface area contributed by atoms with Crippen LogP contribution < -0.4 is 9.84 Å². The minimum Gasteiger partial charge on any atom is -0.871 e. The summed E-state index contributed by atoms with van der Waals surface area (Å²) >= 11 is 0. The summed E-state index contributed by atoms with van der Waals surface area (Å²) in [6.45, 7) is -0.111. The highest BCUT2D eigenvalue weighted by Crippen LogP contribution is 2.39. The van der Waals surface area contributed by atoms with Crippen molar-refractivity contribution in [3.05, 3.63) is 77.5 Å². The van der Waals surface area contributed by atoms with Crippen molar-refractivity contribution in [2.45, 2.75) is 12.8 Å². The fourth-order valence-corrected chi connectivity index (χ4v) is 2.53. The van der Waals surface area contributed by atoms with Gasteiger partial charge in [-0.2, -0.15) is 13.2 Å². The smallest absolute Gasteiger partial charge is 0.419 e. The number of nitrogens with zero attached hydrogens (tertiary/aromatic N) is 1. The summed E-state index contributed by atoms with van der Waals surface area (Å²) in [5.74, 6) is -2.44. The van der Waals surface area contributed by atoms with Gasteiger partial charge in [0, 0.05) is 5.56 Å². The van der Waals surface area contributed by atoms with Gasteiger partial charge in [-0.3, -0.25) is 0 Å². The second kappa shape index (κ2) is 7.59. The maximum atomic E-state index is 13.3. The van der Waals surface area contributed by atoms with Crippen LogP contribution in [0.5, 0.6) is 11.5 Å². The molecule has 1 aromatic heterocycles. The number of hydrogen-bond donors (Lipinski definition) is 1. The summed E-state index contributed by atoms with van der Waals surface area (Å²) in [4.78, 5) is 14.8. The van der Waals surface area contributed by atoms with E-state index >= 15 is 0 Å². The van der Waals surface area contributed by atoms with Crippen molar-refractivity contribution in [3.63, 3.8) is 0 Å². The lowest BCUT2D eigenvalue weighted by Gasteiger charge is -2.18. The molecule has 0 aliphatic heterocycles. The van der Waals surface area contributed by atoms with Crippen LogP contribution in [-0.2, 0) is 12.8 Å². The molecule has 0 radical (unpaired) electrons. The molecule has 0 bridgehead atoms. The normalized spacial score (nSPS) is 11.2. The number of alkyl halides is 3. The molecule has 0 atom stereocenters. The van der Waals surface area contributed by atoms with Gasteiger partial charge in [-0.15, -0.1) is 0 Å². The van der Waals surface area contributed by atoms with Crippen molar-refractivity contribution < 1.29 is 32.9 Å². The van der Waals surface area contributed by atoms with Crippen LogP contribution in [0.2, 0.25) is 0 Å². The first kappa shape index (κ1) is 19.2. The minimum absolute atomic E-state index is 0.0316. The van der Waals surface area contributed by atoms with Crippen molar-refractivity contribution in [1.29, 1.82) is 0 Å². The molecule has 3 aromatic rings. The number of aromatic nitrogens is 1. The number of halogens is 3. The van der Waals surface area contributed by atoms with E-state index in [4.69, 9.17) is 9.84 Å². The third-order valence-corrected chi connectivity index (χ3v) is 3.87. The van der Waals surface area contributed by atoms with Gasteiger partial charge in [0.2, 0.25) is 0 Å². The molecule has 0 aliphatic carbocycles. The van der Waals surface area contributed by atoms with Crippen molar-refractivity contribution in [2.75, 3.05) is 0 Å². The lowest BCUT2D eigenvalue weighted by Crippen LogP contribution is -2.09. The van der Waals surface area contributed by atoms with Gasteiger partial charge >= 0.3 is 12.1 Å². The predicted molar refractivity (Wildman–Crippen MR) is 91.9 cm³/mol. The van der Waals surface area contributed by atoms with Gasteiger partial charge in [-0.05, 0) is 23.8 Å². The molecule has 0 saturated carbocycles. The van der Waals surface area contributed by atoms with Crippen LogP contribution in [0.15, 0.2) is 60.7 Å². The number of hydrogen-bond acceptors (Lipinski definition) is 4. The quantitative estimate of drug-likeness (QED) is 0.711. The van der Waals surface area contributed by atoms with Crippen molar-refractivity contribution in [2.24, 2.45) is 0 Å². The zero-order chi connectivity index (χ0) is 20.3. The third-order valence-electron chi connectivity index (χ3n) is 3.87. The second-order valence-electron chi connectivity index (χ2n) is 5.83. The van der Waals surface area contributed by atoms with E-state index in [2.05, 4.69) is 4.98 Å². The van der Waals surface area contributed by atoms with E-state index in [1.807, 2.05) is 0 Å². The number of rotatable bonds is 5. The van der Waals surface area contributed by atoms with Gasteiger partial charge < -0.3 is 14.9 Å². The number of carboxylic acids is 1. The lowest BCUT2D eigenvalue weighted by atomic mass is 10.1. The van der Waals surface area contributed by atoms with E-state index in [0.717, 1.165) is 30.3 Å². The summed E-state index contributed by atoms with van der Waals surface area (Å²) in [6, 6.07) is 13.5. The fraction of sp³-hybridized carbons (Fsp3) is 0.100. The van der Waals surface area contributed by atoms with Gasteiger partial charge in [-0.25, -0.2) is 9.78 Å². The molecule has 3 rings (SSSR count). The summed E-state index contributed by atoms with van der Waals surface area (Å²) in [5.41, 5.74) is -0.964. The molecule has 5 nitrogen and oxygen atoms in total. The van der Waals surface area contributed by atoms with Crippen molar-refractivity contribution in [3.8, 4) is 22.8 Å². The van der Waals surface area contributed by atoms with Crippen LogP contribution in [-0.4, -0.2) is 16.1 Å². The highest BCUT2D eigenvalue weighted by atomic mass is 19.4. The van der Waals surface area contributed by atoms with Crippen LogP contribution in [0.25, 0.3) is 11.3 Å². The molecule has 0 unspecified atom stereocenters. The Morgan fingerprint density at radius 1 is 1.07 bits per heavy atom. The van der Waals surface area contributed by atoms with Gasteiger partial charge in [0.25, 0.3) is 0 Å². The molecule has 8 heteroatoms. The third kappa shape index (κ3) is 4.22. The Kier molecular flexibility index (Phi) is 5.21. The highest BCUT2D eigenvalue weighted by Gasteiger charge is 2.34. The van der Waals surface area contributed by atoms with E-state index < -0.39 is 29.2 Å². The number of aromatic carboxylic acids is 1. The van der Waals surface area contributed by atoms with E-state index in [0.29, 0.717) is 5.56 Å². The van der Waals surface area contributed by atoms with Crippen LogP contribution >= 0.6 is 0 Å². The standard InChI is InChI=1S/C20H14F3NO4/c21-20(22,23)14-7-6-13(18-16(25)9-8-15(24-18)19(26)27)10-17(14)28-11-12-4-2-1-3-5-12/h1-10,25H,11H2,(H,26,27)/p-1. The van der Waals surface area contributed by atoms with Crippen LogP contribution in [0.4, 0.5) is 13.2 Å². The van der Waals surface area contributed by atoms with Crippen LogP contribution in [0.1, 0.15) is 21.6 Å². The second-order valence-corrected chi connectivity index (χ2v) is 5.83. The average Bonchev–Trinajstić information content (AvgIpc) is 2.66. The first-order chi connectivity index (χ1) is 13.3. The maximum absolute atomic E-state index is 13.3. The SMILES string of the molecule is O=C(O)c1ccc([O-])c(-c2ccc(C(F)(F)F)c(OCc3ccccc3)c2)n1. The zero-order valence-corrected chi connectivity index (χ0v) is 14.2. The molecule has 0 spiro atoms. The lowest BCUT2D eigenvalue weighted by molar-refractivity contribution is -0.267. The molecule has 0 fully saturated rings. The summed E-state index contributed by atoms with van der Waals surface area (Å²) in [5, 5.41) is 21.1. The van der Waals surface area contributed by atoms with Gasteiger partial charge in [0.15, 0.2) is 0 Å². The Morgan fingerprint density at radius 3 is 2.43 bits per heavy atom. The molecular weight excluding hydrogens is 375 g/mol. The van der Waals surface area contributed by atoms with Crippen molar-refractivity contribution >= 4 is 5.97 Å². The van der Waals surface area contributed by atoms with E-state index in [-0.39, 0.29) is 23.6 Å². The van der Waals surface area contributed by atoms with Crippen LogP contribution in [0, 0.1) is 0 Å². The largest absolute Gasteiger partial charge is 0.871 e. The average molecular weight is 388 g/mol. The van der Waals surface area contributed by atoms with Gasteiger partial charge in [0.1, 0.15) is 18.1 Å². The Labute approximate surface area is 157 Å². The highest BCUT2D eigenvalue weighted by molar-refractivity contribution is 5.86. The number of carboxylic acid groups (broad SMARTS) is 1. The zero-order valence-electron chi connectivity index (χ0n) is 14.2. The van der Waals surface area contributed by atoms with Gasteiger partial charge in [0.05, 0.1) is 11.3 Å². The molecule has 2 aromatic carbocycles. The molecule has 1 N–H and O–H groups in total. The molecular formula is C20H13F3NO4-. The Morgan fingerprint density at radius 2 is 1.79 bits per heavy atom. The maximum Gasteiger partial charge on any atom is 0.419 e. The van der Waals surface area contributed by atoms with Gasteiger partial charge in [-0.1, -0.05) is 48.2 Å². The Balaban J connectivity index is 2.03. The van der Waals surface area contributed by atoms with E-state index in [1.54, 1.807) is 30.3 Å². The molecule has 144 valence electrons. The summed E-state index contributed by atoms with van der Waals surface area (Å²) < 4.78 is 45.3. The molecule has 28 heavy (non-hydrogen) atoms. The molecule has 0 saturated heterocycles. The van der Waals surface area contributed by atoms with E-state index in [9.17, 15) is 23.1 Å². The Hall–Kier alpha value is -3.55.